The molecule has 0 aliphatic rings. The van der Waals surface area contributed by atoms with E-state index in [0.29, 0.717) is 22.3 Å². The van der Waals surface area contributed by atoms with Crippen LogP contribution >= 0.6 is 0 Å². The minimum Gasteiger partial charge on any atom is -0.358 e. The largest absolute Gasteiger partial charge is 0.358 e. The number of benzene rings is 1. The maximum Gasteiger partial charge on any atom is 0.277 e. The van der Waals surface area contributed by atoms with Gasteiger partial charge in [-0.1, -0.05) is 0 Å². The quantitative estimate of drug-likeness (QED) is 0.174. The zero-order valence-electron chi connectivity index (χ0n) is 10.2. The van der Waals surface area contributed by atoms with Crippen molar-refractivity contribution in [3.63, 3.8) is 0 Å². The smallest absolute Gasteiger partial charge is 0.277 e. The number of nitrogens with one attached hydrogen (secondary N) is 3. The molecule has 1 amide bonds. The van der Waals surface area contributed by atoms with Crippen LogP contribution in [0.25, 0.3) is 16.5 Å². The number of H-pyrrole nitrogens is 1. The van der Waals surface area contributed by atoms with Gasteiger partial charge in [0.05, 0.1) is 0 Å². The Labute approximate surface area is 108 Å². The molecule has 7 nitrogen and oxygen atoms in total. The highest BCUT2D eigenvalue weighted by atomic mass is 16.2. The molecule has 0 fully saturated rings. The maximum atomic E-state index is 11.6. The lowest BCUT2D eigenvalue weighted by Gasteiger charge is -2.03. The number of fused-ring (bicyclic) bond motifs is 1. The molecular weight excluding hydrogens is 246 g/mol. The fourth-order valence-corrected chi connectivity index (χ4v) is 2.02. The lowest BCUT2D eigenvalue weighted by atomic mass is 10.0. The highest BCUT2D eigenvalue weighted by Gasteiger charge is 2.19. The van der Waals surface area contributed by atoms with Crippen molar-refractivity contribution in [2.45, 2.75) is 6.92 Å². The number of rotatable bonds is 3. The van der Waals surface area contributed by atoms with E-state index in [-0.39, 0.29) is 5.57 Å². The number of aromatic nitrogens is 1. The summed E-state index contributed by atoms with van der Waals surface area (Å²) in [5.41, 5.74) is 6.86. The summed E-state index contributed by atoms with van der Waals surface area (Å²) in [6, 6.07) is 5.30. The number of nitrogens with two attached hydrogens (primary N) is 2. The highest BCUT2D eigenvalue weighted by Crippen LogP contribution is 2.29. The molecule has 2 rings (SSSR count). The van der Waals surface area contributed by atoms with Crippen LogP contribution in [0, 0.1) is 6.92 Å². The second-order valence-electron chi connectivity index (χ2n) is 3.98. The zero-order valence-corrected chi connectivity index (χ0v) is 10.2. The van der Waals surface area contributed by atoms with Gasteiger partial charge in [-0.3, -0.25) is 16.1 Å². The van der Waals surface area contributed by atoms with Crippen LogP contribution in [-0.2, 0) is 9.59 Å². The van der Waals surface area contributed by atoms with Crippen LogP contribution in [0.2, 0.25) is 0 Å². The fraction of sp³-hybridized carbons (Fsp3) is 0.0833. The van der Waals surface area contributed by atoms with Crippen molar-refractivity contribution in [1.82, 2.24) is 10.4 Å². The van der Waals surface area contributed by atoms with Crippen LogP contribution in [0.4, 0.5) is 5.69 Å². The van der Waals surface area contributed by atoms with Crippen molar-refractivity contribution >= 4 is 34.0 Å². The molecule has 0 spiro atoms. The van der Waals surface area contributed by atoms with Gasteiger partial charge < -0.3 is 10.4 Å². The van der Waals surface area contributed by atoms with Crippen molar-refractivity contribution in [2.75, 3.05) is 5.43 Å². The van der Waals surface area contributed by atoms with Crippen LogP contribution in [0.1, 0.15) is 11.3 Å². The van der Waals surface area contributed by atoms with E-state index < -0.39 is 5.91 Å². The number of hydrazine groups is 2. The molecule has 0 bridgehead atoms. The summed E-state index contributed by atoms with van der Waals surface area (Å²) in [5, 5.41) is 0.690. The summed E-state index contributed by atoms with van der Waals surface area (Å²) < 4.78 is 0. The number of carbonyl (C=O) groups is 1. The molecule has 1 aromatic heterocycles. The number of hydrogen-bond acceptors (Lipinski definition) is 5. The number of anilines is 1. The van der Waals surface area contributed by atoms with Crippen molar-refractivity contribution in [2.24, 2.45) is 11.7 Å². The first-order valence-corrected chi connectivity index (χ1v) is 5.47. The molecule has 0 saturated carbocycles. The fourth-order valence-electron chi connectivity index (χ4n) is 2.02. The number of aromatic amines is 1. The third kappa shape index (κ3) is 2.09. The maximum absolute atomic E-state index is 11.6. The second-order valence-corrected chi connectivity index (χ2v) is 3.98. The summed E-state index contributed by atoms with van der Waals surface area (Å²) >= 11 is 0. The monoisotopic (exact) mass is 259 g/mol. The van der Waals surface area contributed by atoms with Crippen molar-refractivity contribution < 1.29 is 9.59 Å². The number of nitrogen functional groups attached to an aromatic ring is 1. The molecule has 0 aliphatic heterocycles. The van der Waals surface area contributed by atoms with Crippen molar-refractivity contribution in [1.29, 1.82) is 0 Å². The van der Waals surface area contributed by atoms with E-state index in [2.05, 4.69) is 10.4 Å². The first-order valence-electron chi connectivity index (χ1n) is 5.47. The summed E-state index contributed by atoms with van der Waals surface area (Å²) in [7, 11) is 0. The average Bonchev–Trinajstić information content (AvgIpc) is 2.75. The molecule has 0 saturated heterocycles. The topological polar surface area (TPSA) is 126 Å². The number of carbonyl (C=O) groups excluding carboxylic acids is 2. The molecule has 7 heteroatoms. The van der Waals surface area contributed by atoms with E-state index in [0.717, 1.165) is 5.52 Å². The van der Waals surface area contributed by atoms with E-state index in [1.807, 2.05) is 5.43 Å². The van der Waals surface area contributed by atoms with Gasteiger partial charge in [0.1, 0.15) is 11.5 Å². The van der Waals surface area contributed by atoms with E-state index in [4.69, 9.17) is 11.7 Å². The van der Waals surface area contributed by atoms with E-state index in [9.17, 15) is 9.59 Å². The first-order chi connectivity index (χ1) is 9.12. The van der Waals surface area contributed by atoms with Crippen LogP contribution in [0.15, 0.2) is 18.2 Å². The molecule has 7 N–H and O–H groups in total. The standard InChI is InChI=1S/C12H13N5O2/c1-6-11(9(5-18)12(19)17-14)8-4-7(16-13)2-3-10(8)15-6/h2-4,15-16H,13-14H2,1H3,(H,17,19). The Kier molecular flexibility index (Phi) is 3.35. The lowest BCUT2D eigenvalue weighted by molar-refractivity contribution is -0.115. The van der Waals surface area contributed by atoms with E-state index in [1.165, 1.54) is 0 Å². The molecule has 1 heterocycles. The normalized spacial score (nSPS) is 10.1. The van der Waals surface area contributed by atoms with Crippen molar-refractivity contribution in [3.05, 3.63) is 29.5 Å². The summed E-state index contributed by atoms with van der Waals surface area (Å²) in [5.74, 6) is 11.4. The summed E-state index contributed by atoms with van der Waals surface area (Å²) in [6.07, 6.45) is 0. The first kappa shape index (κ1) is 12.8. The minimum atomic E-state index is -0.690. The molecule has 1 aromatic carbocycles. The predicted molar refractivity (Wildman–Crippen MR) is 72.3 cm³/mol. The van der Waals surface area contributed by atoms with E-state index in [1.54, 1.807) is 31.1 Å². The zero-order chi connectivity index (χ0) is 14.0. The predicted octanol–water partition coefficient (Wildman–Crippen LogP) is -0.0332. The number of amides is 1. The van der Waals surface area contributed by atoms with Crippen LogP contribution in [0.5, 0.6) is 0 Å². The third-order valence-corrected chi connectivity index (χ3v) is 2.86. The average molecular weight is 259 g/mol. The van der Waals surface area contributed by atoms with Crippen LogP contribution < -0.4 is 22.5 Å². The number of hydrogen-bond donors (Lipinski definition) is 5. The highest BCUT2D eigenvalue weighted by molar-refractivity contribution is 6.30. The third-order valence-electron chi connectivity index (χ3n) is 2.86. The van der Waals surface area contributed by atoms with Gasteiger partial charge in [-0.15, -0.1) is 0 Å². The van der Waals surface area contributed by atoms with Gasteiger partial charge in [0, 0.05) is 27.8 Å². The van der Waals surface area contributed by atoms with Gasteiger partial charge in [-0.25, -0.2) is 10.6 Å². The Morgan fingerprint density at radius 3 is 2.68 bits per heavy atom. The van der Waals surface area contributed by atoms with Gasteiger partial charge in [-0.05, 0) is 25.1 Å². The van der Waals surface area contributed by atoms with Gasteiger partial charge >= 0.3 is 0 Å². The Hall–Kier alpha value is -2.60. The number of aryl methyl sites for hydroxylation is 1. The SMILES string of the molecule is Cc1[nH]c2ccc(NN)cc2c1C(=C=O)C(=O)NN. The van der Waals surface area contributed by atoms with Crippen LogP contribution in [0.3, 0.4) is 0 Å². The molecule has 0 aliphatic carbocycles. The van der Waals surface area contributed by atoms with Gasteiger partial charge in [0.15, 0.2) is 0 Å². The van der Waals surface area contributed by atoms with Crippen molar-refractivity contribution in [3.8, 4) is 0 Å². The van der Waals surface area contributed by atoms with Gasteiger partial charge in [-0.2, -0.15) is 0 Å². The Balaban J connectivity index is 2.74. The Bertz CT molecular complexity index is 697. The minimum absolute atomic E-state index is 0.152. The summed E-state index contributed by atoms with van der Waals surface area (Å²) in [6.45, 7) is 1.76. The molecule has 2 aromatic rings. The van der Waals surface area contributed by atoms with Crippen LogP contribution in [-0.4, -0.2) is 16.8 Å². The molecule has 19 heavy (non-hydrogen) atoms. The second kappa shape index (κ2) is 4.95. The lowest BCUT2D eigenvalue weighted by Crippen LogP contribution is -2.31. The Morgan fingerprint density at radius 2 is 2.11 bits per heavy atom. The van der Waals surface area contributed by atoms with Gasteiger partial charge in [0.25, 0.3) is 5.91 Å². The molecule has 0 atom stereocenters. The molecular formula is C12H13N5O2. The molecule has 98 valence electrons. The molecule has 0 radical (unpaired) electrons. The Morgan fingerprint density at radius 1 is 1.37 bits per heavy atom. The van der Waals surface area contributed by atoms with E-state index >= 15 is 0 Å². The summed E-state index contributed by atoms with van der Waals surface area (Å²) in [4.78, 5) is 25.7. The molecule has 0 unspecified atom stereocenters. The van der Waals surface area contributed by atoms with Gasteiger partial charge in [0.2, 0.25) is 0 Å².